The average molecular weight is 370 g/mol. The minimum absolute atomic E-state index is 0.242. The maximum atomic E-state index is 12.1. The summed E-state index contributed by atoms with van der Waals surface area (Å²) in [4.78, 5) is 21.0. The predicted octanol–water partition coefficient (Wildman–Crippen LogP) is 3.72. The third-order valence-corrected chi connectivity index (χ3v) is 4.69. The number of urea groups is 1. The van der Waals surface area contributed by atoms with E-state index in [1.165, 1.54) is 0 Å². The van der Waals surface area contributed by atoms with Gasteiger partial charge in [0.1, 0.15) is 5.82 Å². The molecule has 3 N–H and O–H groups in total. The fourth-order valence-corrected chi connectivity index (χ4v) is 3.33. The number of carbonyl (C=O) groups is 1. The molecule has 8 heteroatoms. The van der Waals surface area contributed by atoms with Crippen LogP contribution in [0.1, 0.15) is 36.3 Å². The van der Waals surface area contributed by atoms with Crippen molar-refractivity contribution in [3.63, 3.8) is 0 Å². The van der Waals surface area contributed by atoms with Gasteiger partial charge in [-0.25, -0.2) is 14.8 Å². The lowest BCUT2D eigenvalue weighted by molar-refractivity contribution is 0.252. The molecule has 136 valence electrons. The lowest BCUT2D eigenvalue weighted by Crippen LogP contribution is -2.30. The summed E-state index contributed by atoms with van der Waals surface area (Å²) < 4.78 is 0. The molecule has 0 radical (unpaired) electrons. The first kappa shape index (κ1) is 18.1. The van der Waals surface area contributed by atoms with Crippen LogP contribution in [0.15, 0.2) is 29.6 Å². The normalized spacial score (nSPS) is 10.9. The highest BCUT2D eigenvalue weighted by molar-refractivity contribution is 7.09. The Labute approximate surface area is 156 Å². The number of H-pyrrole nitrogens is 1. The zero-order valence-corrected chi connectivity index (χ0v) is 15.9. The van der Waals surface area contributed by atoms with Gasteiger partial charge in [0, 0.05) is 29.6 Å². The molecule has 0 unspecified atom stereocenters. The Bertz CT molecular complexity index is 885. The summed E-state index contributed by atoms with van der Waals surface area (Å²) in [6.07, 6.45) is 0.724. The number of rotatable bonds is 6. The van der Waals surface area contributed by atoms with Crippen molar-refractivity contribution in [1.82, 2.24) is 25.5 Å². The van der Waals surface area contributed by atoms with Crippen LogP contribution in [-0.4, -0.2) is 32.7 Å². The second kappa shape index (κ2) is 8.09. The zero-order chi connectivity index (χ0) is 18.5. The molecule has 0 spiro atoms. The molecule has 3 aromatic rings. The summed E-state index contributed by atoms with van der Waals surface area (Å²) >= 11 is 1.64. The van der Waals surface area contributed by atoms with Crippen LogP contribution in [-0.2, 0) is 6.42 Å². The molecule has 7 nitrogen and oxygen atoms in total. The Hall–Kier alpha value is -2.74. The summed E-state index contributed by atoms with van der Waals surface area (Å²) in [5.74, 6) is 1.78. The maximum Gasteiger partial charge on any atom is 0.319 e. The number of nitrogens with zero attached hydrogens (tertiary/aromatic N) is 3. The van der Waals surface area contributed by atoms with Crippen molar-refractivity contribution in [2.45, 2.75) is 33.1 Å². The Morgan fingerprint density at radius 1 is 1.31 bits per heavy atom. The number of carbonyl (C=O) groups excluding carboxylic acids is 1. The molecule has 26 heavy (non-hydrogen) atoms. The second-order valence-corrected chi connectivity index (χ2v) is 7.22. The third-order valence-electron chi connectivity index (χ3n) is 3.76. The van der Waals surface area contributed by atoms with Crippen molar-refractivity contribution in [3.05, 3.63) is 46.2 Å². The van der Waals surface area contributed by atoms with Crippen LogP contribution in [0.4, 0.5) is 10.5 Å². The lowest BCUT2D eigenvalue weighted by atomic mass is 10.2. The van der Waals surface area contributed by atoms with E-state index in [2.05, 4.69) is 50.0 Å². The number of benzene rings is 1. The van der Waals surface area contributed by atoms with Crippen LogP contribution in [0, 0.1) is 6.92 Å². The van der Waals surface area contributed by atoms with Gasteiger partial charge in [-0.2, -0.15) is 5.10 Å². The SMILES string of the molecule is Cc1nc(-c2cccc(NC(=O)NCCc3nc(C(C)C)cs3)c2)n[nH]1. The highest BCUT2D eigenvalue weighted by atomic mass is 32.1. The van der Waals surface area contributed by atoms with Gasteiger partial charge in [-0.05, 0) is 25.0 Å². The number of anilines is 1. The van der Waals surface area contributed by atoms with Crippen molar-refractivity contribution in [2.75, 3.05) is 11.9 Å². The van der Waals surface area contributed by atoms with Crippen LogP contribution < -0.4 is 10.6 Å². The Kier molecular flexibility index (Phi) is 5.62. The topological polar surface area (TPSA) is 95.6 Å². The van der Waals surface area contributed by atoms with Gasteiger partial charge >= 0.3 is 6.03 Å². The van der Waals surface area contributed by atoms with E-state index < -0.39 is 0 Å². The third kappa shape index (κ3) is 4.66. The number of nitrogens with one attached hydrogen (secondary N) is 3. The van der Waals surface area contributed by atoms with Gasteiger partial charge in [0.2, 0.25) is 0 Å². The minimum atomic E-state index is -0.242. The number of hydrogen-bond acceptors (Lipinski definition) is 5. The van der Waals surface area contributed by atoms with E-state index in [1.807, 2.05) is 31.2 Å². The van der Waals surface area contributed by atoms with E-state index in [1.54, 1.807) is 11.3 Å². The smallest absolute Gasteiger partial charge is 0.319 e. The van der Waals surface area contributed by atoms with E-state index in [4.69, 9.17) is 0 Å². The first-order valence-electron chi connectivity index (χ1n) is 8.50. The Balaban J connectivity index is 1.51. The van der Waals surface area contributed by atoms with Crippen molar-refractivity contribution in [1.29, 1.82) is 0 Å². The predicted molar refractivity (Wildman–Crippen MR) is 103 cm³/mol. The monoisotopic (exact) mass is 370 g/mol. The molecular weight excluding hydrogens is 348 g/mol. The molecule has 0 atom stereocenters. The first-order chi connectivity index (χ1) is 12.5. The van der Waals surface area contributed by atoms with Gasteiger partial charge in [0.05, 0.1) is 10.7 Å². The van der Waals surface area contributed by atoms with Crippen LogP contribution >= 0.6 is 11.3 Å². The number of hydrogen-bond donors (Lipinski definition) is 3. The highest BCUT2D eigenvalue weighted by Crippen LogP contribution is 2.19. The summed E-state index contributed by atoms with van der Waals surface area (Å²) in [6.45, 7) is 6.63. The summed E-state index contributed by atoms with van der Waals surface area (Å²) in [6, 6.07) is 7.20. The zero-order valence-electron chi connectivity index (χ0n) is 15.0. The number of thiazole rings is 1. The highest BCUT2D eigenvalue weighted by Gasteiger charge is 2.08. The Morgan fingerprint density at radius 3 is 2.85 bits per heavy atom. The van der Waals surface area contributed by atoms with Gasteiger partial charge in [0.15, 0.2) is 5.82 Å². The van der Waals surface area contributed by atoms with Gasteiger partial charge in [0.25, 0.3) is 0 Å². The summed E-state index contributed by atoms with van der Waals surface area (Å²) in [5, 5.41) is 15.8. The number of amides is 2. The van der Waals surface area contributed by atoms with Crippen molar-refractivity contribution in [2.24, 2.45) is 0 Å². The van der Waals surface area contributed by atoms with Gasteiger partial charge in [-0.15, -0.1) is 11.3 Å². The molecular formula is C18H22N6OS. The number of aromatic nitrogens is 4. The fourth-order valence-electron chi connectivity index (χ4n) is 2.37. The molecule has 2 heterocycles. The fraction of sp³-hybridized carbons (Fsp3) is 0.333. The van der Waals surface area contributed by atoms with Crippen LogP contribution in [0.3, 0.4) is 0 Å². The van der Waals surface area contributed by atoms with Crippen LogP contribution in [0.25, 0.3) is 11.4 Å². The molecule has 2 amide bonds. The van der Waals surface area contributed by atoms with Gasteiger partial charge < -0.3 is 10.6 Å². The van der Waals surface area contributed by atoms with E-state index in [-0.39, 0.29) is 6.03 Å². The number of aromatic amines is 1. The molecule has 0 fully saturated rings. The van der Waals surface area contributed by atoms with Crippen molar-refractivity contribution < 1.29 is 4.79 Å². The molecule has 0 saturated heterocycles. The van der Waals surface area contributed by atoms with Crippen LogP contribution in [0.2, 0.25) is 0 Å². The largest absolute Gasteiger partial charge is 0.337 e. The summed E-state index contributed by atoms with van der Waals surface area (Å²) in [7, 11) is 0. The van der Waals surface area contributed by atoms with Crippen molar-refractivity contribution >= 4 is 23.1 Å². The van der Waals surface area contributed by atoms with Crippen LogP contribution in [0.5, 0.6) is 0 Å². The van der Waals surface area contributed by atoms with E-state index in [9.17, 15) is 4.79 Å². The first-order valence-corrected chi connectivity index (χ1v) is 9.38. The molecule has 1 aromatic carbocycles. The average Bonchev–Trinajstić information content (AvgIpc) is 3.24. The molecule has 0 aliphatic rings. The number of aryl methyl sites for hydroxylation is 1. The molecule has 0 saturated carbocycles. The van der Waals surface area contributed by atoms with E-state index >= 15 is 0 Å². The lowest BCUT2D eigenvalue weighted by Gasteiger charge is -2.07. The summed E-state index contributed by atoms with van der Waals surface area (Å²) in [5.41, 5.74) is 2.64. The molecule has 0 bridgehead atoms. The van der Waals surface area contributed by atoms with Gasteiger partial charge in [-0.3, -0.25) is 5.10 Å². The Morgan fingerprint density at radius 2 is 2.15 bits per heavy atom. The second-order valence-electron chi connectivity index (χ2n) is 6.28. The minimum Gasteiger partial charge on any atom is -0.337 e. The van der Waals surface area contributed by atoms with E-state index in [0.717, 1.165) is 28.5 Å². The van der Waals surface area contributed by atoms with Gasteiger partial charge in [-0.1, -0.05) is 26.0 Å². The van der Waals surface area contributed by atoms with E-state index in [0.29, 0.717) is 24.0 Å². The molecule has 0 aliphatic carbocycles. The maximum absolute atomic E-state index is 12.1. The molecule has 3 rings (SSSR count). The standard InChI is InChI=1S/C18H22N6OS/c1-11(2)15-10-26-16(22-15)7-8-19-18(25)21-14-6-4-5-13(9-14)17-20-12(3)23-24-17/h4-6,9-11H,7-8H2,1-3H3,(H2,19,21,25)(H,20,23,24). The quantitative estimate of drug-likeness (QED) is 0.616. The van der Waals surface area contributed by atoms with Crippen molar-refractivity contribution in [3.8, 4) is 11.4 Å². The molecule has 0 aliphatic heterocycles. The molecule has 2 aromatic heterocycles.